The van der Waals surface area contributed by atoms with Gasteiger partial charge in [-0.2, -0.15) is 0 Å². The molecule has 0 amide bonds. The van der Waals surface area contributed by atoms with Crippen LogP contribution in [0.25, 0.3) is 199 Å². The number of hydrogen-bond donors (Lipinski definition) is 0. The Kier molecular flexibility index (Phi) is 43.9. The minimum Gasteiger partial charge on any atom is -0.472 e. The third-order valence-electron chi connectivity index (χ3n) is 18.8. The van der Waals surface area contributed by atoms with Crippen LogP contribution in [0.2, 0.25) is 0 Å². The molecule has 25 heteroatoms. The Bertz CT molecular complexity index is 7100. The fraction of sp³-hybridized carbons (Fsp3) is 0.190. The third kappa shape index (κ3) is 27.4. The van der Waals surface area contributed by atoms with Gasteiger partial charge in [-0.05, 0) is 171 Å². The predicted octanol–water partition coefficient (Wildman–Crippen LogP) is 41.7. The van der Waals surface area contributed by atoms with Gasteiger partial charge >= 0.3 is 17.3 Å². The van der Waals surface area contributed by atoms with E-state index in [9.17, 15) is 0 Å². The van der Waals surface area contributed by atoms with Crippen molar-refractivity contribution in [2.45, 2.75) is 152 Å². The maximum Gasteiger partial charge on any atom is 0.301 e. The van der Waals surface area contributed by atoms with E-state index in [1.165, 1.54) is 5.56 Å². The van der Waals surface area contributed by atoms with Crippen molar-refractivity contribution >= 4 is 199 Å². The maximum atomic E-state index is 5.34. The van der Waals surface area contributed by atoms with Crippen LogP contribution in [0.4, 0.5) is 0 Å². The van der Waals surface area contributed by atoms with E-state index in [0.29, 0.717) is 34.3 Å². The predicted molar refractivity (Wildman–Crippen MR) is 562 cm³/mol. The largest absolute Gasteiger partial charge is 0.472 e. The highest BCUT2D eigenvalue weighted by atomic mass is 16.5. The van der Waals surface area contributed by atoms with Crippen LogP contribution in [-0.2, 0) is 0 Å². The zero-order valence-electron chi connectivity index (χ0n) is 83.5. The van der Waals surface area contributed by atoms with Crippen molar-refractivity contribution in [3.05, 3.63) is 356 Å². The summed E-state index contributed by atoms with van der Waals surface area (Å²) >= 11 is 0. The Morgan fingerprint density at radius 3 is 0.865 bits per heavy atom. The van der Waals surface area contributed by atoms with Gasteiger partial charge in [-0.1, -0.05) is 151 Å². The van der Waals surface area contributed by atoms with E-state index < -0.39 is 0 Å². The van der Waals surface area contributed by atoms with Crippen LogP contribution < -0.4 is 0 Å². The molecule has 0 aliphatic carbocycles. The second-order valence-electron chi connectivity index (χ2n) is 26.4. The summed E-state index contributed by atoms with van der Waals surface area (Å²) < 4.78 is 128. The van der Waals surface area contributed by atoms with E-state index in [-0.39, 0.29) is 0 Å². The van der Waals surface area contributed by atoms with Crippen LogP contribution in [-0.4, -0.2) is 0 Å². The molecule has 5 aromatic carbocycles. The van der Waals surface area contributed by atoms with Gasteiger partial charge < -0.3 is 110 Å². The first-order valence-electron chi connectivity index (χ1n) is 47.3. The lowest BCUT2D eigenvalue weighted by Crippen LogP contribution is -1.64. The van der Waals surface area contributed by atoms with Crippen LogP contribution >= 0.6 is 0 Å². The fourth-order valence-electron chi connectivity index (χ4n) is 13.0. The summed E-state index contributed by atoms with van der Waals surface area (Å²) in [4.78, 5) is 0. The van der Waals surface area contributed by atoms with Crippen LogP contribution in [0, 0.1) is 13.8 Å². The zero-order chi connectivity index (χ0) is 101. The number of furan rings is 25. The molecule has 0 N–H and O–H groups in total. The summed E-state index contributed by atoms with van der Waals surface area (Å²) in [5, 5.41) is 14.8. The quantitative estimate of drug-likeness (QED) is 0.136. The molecule has 0 aliphatic rings. The molecule has 0 saturated carbocycles. The zero-order valence-corrected chi connectivity index (χ0v) is 83.5. The number of aryl methyl sites for hydroxylation is 2. The Balaban J connectivity index is 0.000000170. The van der Waals surface area contributed by atoms with Crippen molar-refractivity contribution in [3.63, 3.8) is 0 Å². The Morgan fingerprint density at radius 1 is 0.149 bits per heavy atom. The molecule has 25 heterocycles. The summed E-state index contributed by atoms with van der Waals surface area (Å²) in [7, 11) is 0. The van der Waals surface area contributed by atoms with E-state index in [4.69, 9.17) is 110 Å². The summed E-state index contributed by atoms with van der Waals surface area (Å²) in [5.41, 5.74) is 15.9. The van der Waals surface area contributed by atoms with Gasteiger partial charge in [-0.15, -0.1) is 0 Å². The molecule has 0 fully saturated rings. The minimum atomic E-state index is 0.527. The molecule has 0 spiro atoms. The van der Waals surface area contributed by atoms with Gasteiger partial charge in [0.1, 0.15) is 55.8 Å². The highest BCUT2D eigenvalue weighted by Crippen LogP contribution is 2.35. The van der Waals surface area contributed by atoms with Crippen molar-refractivity contribution in [1.29, 1.82) is 0 Å². The van der Waals surface area contributed by atoms with Crippen LogP contribution in [0.5, 0.6) is 0 Å². The van der Waals surface area contributed by atoms with Crippen molar-refractivity contribution in [2.75, 3.05) is 0 Å². The Morgan fingerprint density at radius 2 is 0.447 bits per heavy atom. The first kappa shape index (κ1) is 107. The van der Waals surface area contributed by atoms with Gasteiger partial charge in [0.05, 0.1) is 166 Å². The van der Waals surface area contributed by atoms with Crippen molar-refractivity contribution in [1.82, 2.24) is 0 Å². The number of rotatable bonds is 0. The van der Waals surface area contributed by atoms with Gasteiger partial charge in [0.2, 0.25) is 11.2 Å². The molecular weight excluding hydrogens is 1790 g/mol. The van der Waals surface area contributed by atoms with E-state index in [1.807, 2.05) is 316 Å². The van der Waals surface area contributed by atoms with Crippen LogP contribution in [0.3, 0.4) is 0 Å². The molecule has 141 heavy (non-hydrogen) atoms. The average molecular weight is 1920 g/mol. The molecule has 0 aliphatic heterocycles. The molecule has 25 nitrogen and oxygen atoms in total. The lowest BCUT2D eigenvalue weighted by molar-refractivity contribution is 0.443. The summed E-state index contributed by atoms with van der Waals surface area (Å²) in [6, 6.07) is 63.0. The van der Waals surface area contributed by atoms with Gasteiger partial charge in [0.25, 0.3) is 5.78 Å². The first-order chi connectivity index (χ1) is 69.8. The van der Waals surface area contributed by atoms with Crippen molar-refractivity contribution < 1.29 is 110 Å². The third-order valence-corrected chi connectivity index (χ3v) is 18.8. The second kappa shape index (κ2) is 57.6. The molecular formula is C116H122O25. The Hall–Kier alpha value is -17.2. The molecule has 736 valence electrons. The smallest absolute Gasteiger partial charge is 0.301 e. The van der Waals surface area contributed by atoms with Gasteiger partial charge in [0.15, 0.2) is 44.7 Å². The number of benzene rings is 5. The fourth-order valence-corrected chi connectivity index (χ4v) is 13.0. The highest BCUT2D eigenvalue weighted by Gasteiger charge is 2.15. The van der Waals surface area contributed by atoms with E-state index in [1.54, 1.807) is 174 Å². The maximum absolute atomic E-state index is 5.34. The van der Waals surface area contributed by atoms with Gasteiger partial charge in [0, 0.05) is 84.9 Å². The molecule has 30 rings (SSSR count). The second-order valence-corrected chi connectivity index (χ2v) is 26.4. The molecule has 25 aromatic heterocycles. The standard InChI is InChI=1S/5C10H6O2.3C8H4O3.2C6H4O2.2C5H6O.10C2H6/c1-3-11-9-6-8-2-4-12-10(8)5-7(1)9;1-3-11-9-6-10-8(2-4-12-10)5-7(1)9;1-2-10-8(4-6-12-10)7-3-5-11-9(1)7;1-2-9-8(4-6-11-9)10-7(1)3-5-12-10;1-2-8-4-6-12-10(8)9-7(1)3-5-11-9;1-3-9-7-5(1)11-6-2-4-10-8(6)7;1-3-10-8-5(1)7-6(11-8)2-4-9-7;1-3-9-7-5(1)6-2-4-10-8(6)11-7;1-3-7-6-2-4-8-5(1)6;1-3-7-6-5(1)2-4-8-6;1-5-2-3-6-4-5;1-5-3-2-4-6-5;10*1-2/h5*1-6H;3*1-4H;2*1-4H;2*2-4H,1H3;10*1-2H3. The lowest BCUT2D eigenvalue weighted by atomic mass is 10.2. The van der Waals surface area contributed by atoms with Crippen molar-refractivity contribution in [2.24, 2.45) is 0 Å². The number of fused-ring (bicyclic) bond motifs is 24. The van der Waals surface area contributed by atoms with Crippen molar-refractivity contribution in [3.8, 4) is 0 Å². The summed E-state index contributed by atoms with van der Waals surface area (Å²) in [6.45, 7) is 43.9. The average Bonchev–Trinajstić information content (AvgIpc) is 1.64. The summed E-state index contributed by atoms with van der Waals surface area (Å²) in [6.07, 6.45) is 37.8. The van der Waals surface area contributed by atoms with E-state index in [2.05, 4.69) is 6.07 Å². The molecule has 0 radical (unpaired) electrons. The molecule has 30 aromatic rings. The van der Waals surface area contributed by atoms with Crippen LogP contribution in [0.1, 0.15) is 150 Å². The van der Waals surface area contributed by atoms with Crippen LogP contribution in [0.15, 0.2) is 455 Å². The molecule has 0 unspecified atom stereocenters. The molecule has 0 saturated heterocycles. The lowest BCUT2D eigenvalue weighted by Gasteiger charge is -1.88. The van der Waals surface area contributed by atoms with Gasteiger partial charge in [-0.3, -0.25) is 0 Å². The molecule has 0 bridgehead atoms. The van der Waals surface area contributed by atoms with Gasteiger partial charge in [-0.25, -0.2) is 0 Å². The Labute approximate surface area is 812 Å². The molecule has 0 atom stereocenters. The van der Waals surface area contributed by atoms with E-state index >= 15 is 0 Å². The monoisotopic (exact) mass is 1910 g/mol. The SMILES string of the molecule is CC.CC.CC.CC.CC.CC.CC.CC.CC.CC.Cc1ccco1.Cc1ccoc1.c1cc2c(ccc3ccoc32)o1.c1cc2c(ccc3occc32)o1.c1cc2c(o1)oc1ccoc12.c1cc2c(o1)oc1occc12.c1cc2cc3ccoc3cc2o1.c1cc2cc3occc3cc2o1.c1cc2ccc3ccoc3c2o1.c1cc2ccoc2o1.c1cc2oc3ccoc3c2o1.c1cc2occc2o1. The first-order valence-corrected chi connectivity index (χ1v) is 47.3. The topological polar surface area (TPSA) is 328 Å². The summed E-state index contributed by atoms with van der Waals surface area (Å²) in [5.74, 6) is 3.15. The highest BCUT2D eigenvalue weighted by molar-refractivity contribution is 6.06. The van der Waals surface area contributed by atoms with E-state index in [0.717, 1.165) is 170 Å². The minimum absolute atomic E-state index is 0.527. The number of hydrogen-bond acceptors (Lipinski definition) is 25. The normalized spacial score (nSPS) is 9.91.